The van der Waals surface area contributed by atoms with Gasteiger partial charge in [0.05, 0.1) is 44.1 Å². The van der Waals surface area contributed by atoms with Crippen molar-refractivity contribution in [3.8, 4) is 11.5 Å². The number of aliphatic hydroxyl groups is 1. The average Bonchev–Trinajstić information content (AvgIpc) is 3.39. The number of carbonyl (C=O) groups excluding carboxylic acids is 1. The van der Waals surface area contributed by atoms with Gasteiger partial charge in [-0.1, -0.05) is 13.0 Å². The second-order valence-corrected chi connectivity index (χ2v) is 8.84. The van der Waals surface area contributed by atoms with Gasteiger partial charge in [-0.25, -0.2) is 8.78 Å². The van der Waals surface area contributed by atoms with Crippen molar-refractivity contribution in [1.82, 2.24) is 24.9 Å². The Morgan fingerprint density at radius 1 is 1.18 bits per heavy atom. The normalized spacial score (nSPS) is 11.2. The highest BCUT2D eigenvalue weighted by Crippen LogP contribution is 2.35. The second kappa shape index (κ2) is 13.6. The average molecular weight is 556 g/mol. The summed E-state index contributed by atoms with van der Waals surface area (Å²) >= 11 is 0. The first-order valence-electron chi connectivity index (χ1n) is 12.7. The van der Waals surface area contributed by atoms with E-state index < -0.39 is 17.5 Å². The Bertz CT molecular complexity index is 1450. The fraction of sp³-hybridized carbons (Fsp3) is 0.333. The van der Waals surface area contributed by atoms with E-state index in [1.807, 2.05) is 6.07 Å². The summed E-state index contributed by atoms with van der Waals surface area (Å²) in [7, 11) is 1.56. The van der Waals surface area contributed by atoms with Crippen molar-refractivity contribution >= 4 is 33.9 Å². The molecule has 0 saturated carbocycles. The maximum Gasteiger partial charge on any atom is 0.246 e. The minimum atomic E-state index is -1.13. The Morgan fingerprint density at radius 3 is 2.80 bits per heavy atom. The third kappa shape index (κ3) is 7.18. The van der Waals surface area contributed by atoms with E-state index in [0.717, 1.165) is 36.3 Å². The van der Waals surface area contributed by atoms with Gasteiger partial charge < -0.3 is 30.1 Å². The number of carbonyl (C=O) groups is 1. The van der Waals surface area contributed by atoms with Crippen molar-refractivity contribution in [3.63, 3.8) is 0 Å². The second-order valence-electron chi connectivity index (χ2n) is 8.84. The molecule has 0 bridgehead atoms. The van der Waals surface area contributed by atoms with Crippen LogP contribution in [0.15, 0.2) is 48.9 Å². The predicted molar refractivity (Wildman–Crippen MR) is 146 cm³/mol. The molecule has 0 spiro atoms. The lowest BCUT2D eigenvalue weighted by Crippen LogP contribution is -2.28. The van der Waals surface area contributed by atoms with Gasteiger partial charge in [-0.15, -0.1) is 5.10 Å². The van der Waals surface area contributed by atoms with Gasteiger partial charge in [0, 0.05) is 30.1 Å². The Morgan fingerprint density at radius 2 is 2.02 bits per heavy atom. The monoisotopic (exact) mass is 555 g/mol. The topological polar surface area (TPSA) is 127 Å². The summed E-state index contributed by atoms with van der Waals surface area (Å²) in [4.78, 5) is 14.5. The lowest BCUT2D eigenvalue weighted by molar-refractivity contribution is -0.116. The number of nitrogens with zero attached hydrogens (tertiary/aromatic N) is 5. The van der Waals surface area contributed by atoms with Crippen molar-refractivity contribution in [3.05, 3.63) is 60.6 Å². The molecular formula is C27H31F2N7O4. The number of ether oxygens (including phenoxy) is 2. The Labute approximate surface area is 229 Å². The number of aliphatic hydroxyl groups excluding tert-OH is 1. The first-order chi connectivity index (χ1) is 19.4. The van der Waals surface area contributed by atoms with Crippen LogP contribution in [0, 0.1) is 11.6 Å². The molecule has 2 heterocycles. The number of rotatable bonds is 14. The largest absolute Gasteiger partial charge is 0.493 e. The van der Waals surface area contributed by atoms with Gasteiger partial charge in [-0.3, -0.25) is 9.48 Å². The van der Waals surface area contributed by atoms with Crippen LogP contribution in [0.25, 0.3) is 10.8 Å². The molecule has 11 nitrogen and oxygen atoms in total. The molecule has 4 rings (SSSR count). The number of nitrogens with one attached hydrogen (secondary N) is 2. The highest BCUT2D eigenvalue weighted by Gasteiger charge is 2.14. The van der Waals surface area contributed by atoms with Crippen LogP contribution in [0.4, 0.5) is 26.0 Å². The molecule has 0 atom stereocenters. The quantitative estimate of drug-likeness (QED) is 0.200. The number of aromatic nitrogens is 4. The van der Waals surface area contributed by atoms with Crippen molar-refractivity contribution in [2.24, 2.45) is 0 Å². The van der Waals surface area contributed by atoms with Crippen LogP contribution in [0.1, 0.15) is 13.3 Å². The third-order valence-electron chi connectivity index (χ3n) is 6.11. The molecule has 2 aromatic heterocycles. The van der Waals surface area contributed by atoms with Gasteiger partial charge in [0.1, 0.15) is 6.54 Å². The predicted octanol–water partition coefficient (Wildman–Crippen LogP) is 3.58. The van der Waals surface area contributed by atoms with Gasteiger partial charge in [-0.05, 0) is 37.2 Å². The number of hydrogen-bond acceptors (Lipinski definition) is 9. The van der Waals surface area contributed by atoms with E-state index in [0.29, 0.717) is 36.2 Å². The summed E-state index contributed by atoms with van der Waals surface area (Å²) in [6.45, 7) is 4.73. The number of halogens is 2. The molecule has 0 aliphatic carbocycles. The number of benzene rings is 2. The van der Waals surface area contributed by atoms with Gasteiger partial charge >= 0.3 is 0 Å². The number of amides is 1. The number of methoxy groups -OCH3 is 1. The minimum Gasteiger partial charge on any atom is -0.493 e. The molecule has 0 aliphatic rings. The van der Waals surface area contributed by atoms with Crippen LogP contribution in [-0.4, -0.2) is 75.8 Å². The van der Waals surface area contributed by atoms with E-state index in [1.165, 1.54) is 23.0 Å². The number of anilines is 3. The van der Waals surface area contributed by atoms with Gasteiger partial charge in [0.2, 0.25) is 5.91 Å². The van der Waals surface area contributed by atoms with Crippen LogP contribution in [0.5, 0.6) is 11.5 Å². The summed E-state index contributed by atoms with van der Waals surface area (Å²) < 4.78 is 40.1. The Hall–Kier alpha value is -4.36. The van der Waals surface area contributed by atoms with E-state index in [2.05, 4.69) is 37.8 Å². The summed E-state index contributed by atoms with van der Waals surface area (Å²) in [5, 5.41) is 28.5. The SMILES string of the molecule is CCN(CCO)CCCOc1cc2cnnc(Nc3cnn(CC(=O)Nc4cccc(F)c4F)c3)c2cc1OC. The van der Waals surface area contributed by atoms with Crippen LogP contribution in [0.2, 0.25) is 0 Å². The summed E-state index contributed by atoms with van der Waals surface area (Å²) in [6, 6.07) is 7.18. The fourth-order valence-electron chi connectivity index (χ4n) is 4.08. The molecule has 3 N–H and O–H groups in total. The molecule has 1 amide bonds. The fourth-order valence-corrected chi connectivity index (χ4v) is 4.08. The third-order valence-corrected chi connectivity index (χ3v) is 6.11. The maximum absolute atomic E-state index is 13.8. The first kappa shape index (κ1) is 28.6. The molecule has 4 aromatic rings. The number of hydrogen-bond donors (Lipinski definition) is 3. The zero-order valence-corrected chi connectivity index (χ0v) is 22.2. The number of fused-ring (bicyclic) bond motifs is 1. The van der Waals surface area contributed by atoms with Crippen molar-refractivity contribution in [1.29, 1.82) is 0 Å². The van der Waals surface area contributed by atoms with Crippen LogP contribution >= 0.6 is 0 Å². The first-order valence-corrected chi connectivity index (χ1v) is 12.7. The van der Waals surface area contributed by atoms with E-state index in [-0.39, 0.29) is 18.8 Å². The summed E-state index contributed by atoms with van der Waals surface area (Å²) in [5.41, 5.74) is 0.289. The van der Waals surface area contributed by atoms with Gasteiger partial charge in [-0.2, -0.15) is 10.2 Å². The van der Waals surface area contributed by atoms with Gasteiger partial charge in [0.25, 0.3) is 0 Å². The smallest absolute Gasteiger partial charge is 0.246 e. The van der Waals surface area contributed by atoms with Crippen LogP contribution in [0.3, 0.4) is 0 Å². The zero-order chi connectivity index (χ0) is 28.5. The molecule has 0 aliphatic heterocycles. The lowest BCUT2D eigenvalue weighted by atomic mass is 10.1. The Balaban J connectivity index is 1.41. The molecule has 0 unspecified atom stereocenters. The lowest BCUT2D eigenvalue weighted by Gasteiger charge is -2.19. The van der Waals surface area contributed by atoms with Crippen LogP contribution in [-0.2, 0) is 11.3 Å². The number of likely N-dealkylation sites (N-methyl/N-ethyl adjacent to an activating group) is 1. The highest BCUT2D eigenvalue weighted by atomic mass is 19.2. The summed E-state index contributed by atoms with van der Waals surface area (Å²) in [5.74, 6) is -1.20. The minimum absolute atomic E-state index is 0.124. The van der Waals surface area contributed by atoms with Crippen LogP contribution < -0.4 is 20.1 Å². The standard InChI is InChI=1S/C27H31F2N7O4/c1-3-35(9-10-37)8-5-11-40-24-12-18-14-30-34-27(20(18)13-23(24)39-2)32-19-15-31-36(16-19)17-25(38)33-22-7-4-6-21(28)26(22)29/h4,6-7,12-16,37H,3,5,8-11,17H2,1-2H3,(H,32,34)(H,33,38). The molecule has 212 valence electrons. The van der Waals surface area contributed by atoms with Crippen molar-refractivity contribution in [2.75, 3.05) is 50.6 Å². The van der Waals surface area contributed by atoms with Crippen molar-refractivity contribution in [2.45, 2.75) is 19.9 Å². The molecule has 2 aromatic carbocycles. The molecule has 0 saturated heterocycles. The molecular weight excluding hydrogens is 524 g/mol. The molecule has 0 fully saturated rings. The van der Waals surface area contributed by atoms with Crippen molar-refractivity contribution < 1.29 is 28.2 Å². The van der Waals surface area contributed by atoms with Gasteiger partial charge in [0.15, 0.2) is 29.0 Å². The molecule has 40 heavy (non-hydrogen) atoms. The van der Waals surface area contributed by atoms with E-state index in [4.69, 9.17) is 14.6 Å². The molecule has 0 radical (unpaired) electrons. The Kier molecular flexibility index (Phi) is 9.76. The highest BCUT2D eigenvalue weighted by molar-refractivity contribution is 5.95. The summed E-state index contributed by atoms with van der Waals surface area (Å²) in [6.07, 6.45) is 5.48. The van der Waals surface area contributed by atoms with E-state index >= 15 is 0 Å². The molecule has 13 heteroatoms. The van der Waals surface area contributed by atoms with E-state index in [1.54, 1.807) is 25.6 Å². The van der Waals surface area contributed by atoms with E-state index in [9.17, 15) is 13.6 Å². The zero-order valence-electron chi connectivity index (χ0n) is 22.2. The maximum atomic E-state index is 13.8.